The van der Waals surface area contributed by atoms with Gasteiger partial charge in [-0.15, -0.1) is 11.3 Å². The van der Waals surface area contributed by atoms with Crippen molar-refractivity contribution in [1.29, 1.82) is 0 Å². The summed E-state index contributed by atoms with van der Waals surface area (Å²) in [7, 11) is 0. The van der Waals surface area contributed by atoms with Crippen LogP contribution in [0.5, 0.6) is 0 Å². The molecule has 9 nitrogen and oxygen atoms in total. The molecule has 0 unspecified atom stereocenters. The van der Waals surface area contributed by atoms with E-state index in [-0.39, 0.29) is 5.91 Å². The first-order valence-corrected chi connectivity index (χ1v) is 15.5. The number of anilines is 3. The summed E-state index contributed by atoms with van der Waals surface area (Å²) < 4.78 is 1.00. The van der Waals surface area contributed by atoms with Crippen LogP contribution in [-0.2, 0) is 0 Å². The number of aryl methyl sites for hydroxylation is 1. The molecule has 0 spiro atoms. The molecule has 6 heterocycles. The minimum absolute atomic E-state index is 0.108. The van der Waals surface area contributed by atoms with Gasteiger partial charge in [-0.25, -0.2) is 15.0 Å². The van der Waals surface area contributed by atoms with Gasteiger partial charge >= 0.3 is 0 Å². The molecule has 4 aromatic rings. The van der Waals surface area contributed by atoms with Gasteiger partial charge in [-0.1, -0.05) is 26.0 Å². The average molecular weight is 569 g/mol. The number of piperidine rings is 1. The van der Waals surface area contributed by atoms with Gasteiger partial charge < -0.3 is 15.1 Å². The van der Waals surface area contributed by atoms with E-state index >= 15 is 0 Å². The number of pyridine rings is 1. The first kappa shape index (κ1) is 26.3. The third-order valence-corrected chi connectivity index (χ3v) is 9.75. The second-order valence-electron chi connectivity index (χ2n) is 11.7. The highest BCUT2D eigenvalue weighted by molar-refractivity contribution is 7.21. The molecule has 0 aliphatic carbocycles. The van der Waals surface area contributed by atoms with Gasteiger partial charge in [-0.05, 0) is 50.8 Å². The summed E-state index contributed by atoms with van der Waals surface area (Å²) in [4.78, 5) is 39.3. The Kier molecular flexibility index (Phi) is 6.83. The van der Waals surface area contributed by atoms with Crippen LogP contribution < -0.4 is 10.2 Å². The number of aromatic nitrogens is 4. The van der Waals surface area contributed by atoms with E-state index in [4.69, 9.17) is 15.0 Å². The molecule has 3 fully saturated rings. The smallest absolute Gasteiger partial charge is 0.253 e. The highest BCUT2D eigenvalue weighted by atomic mass is 32.1. The number of hydrogen-bond acceptors (Lipinski definition) is 9. The fourth-order valence-electron chi connectivity index (χ4n) is 6.63. The van der Waals surface area contributed by atoms with E-state index in [0.29, 0.717) is 23.8 Å². The quantitative estimate of drug-likeness (QED) is 0.333. The number of nitrogens with one attached hydrogen (secondary N) is 1. The number of carbonyl (C=O) groups excluding carboxylic acids is 1. The Morgan fingerprint density at radius 1 is 1.07 bits per heavy atom. The number of nitrogens with zero attached hydrogens (tertiary/aromatic N) is 7. The number of rotatable bonds is 6. The lowest BCUT2D eigenvalue weighted by molar-refractivity contribution is 0.0683. The van der Waals surface area contributed by atoms with E-state index in [1.54, 1.807) is 11.3 Å². The summed E-state index contributed by atoms with van der Waals surface area (Å²) in [5, 5.41) is 4.27. The van der Waals surface area contributed by atoms with Crippen LogP contribution in [0.4, 0.5) is 17.6 Å². The van der Waals surface area contributed by atoms with Gasteiger partial charge in [-0.2, -0.15) is 4.98 Å². The van der Waals surface area contributed by atoms with Crippen LogP contribution in [0, 0.1) is 12.8 Å². The van der Waals surface area contributed by atoms with Crippen molar-refractivity contribution in [3.05, 3.63) is 53.9 Å². The average Bonchev–Trinajstić information content (AvgIpc) is 3.71. The molecule has 0 saturated carbocycles. The summed E-state index contributed by atoms with van der Waals surface area (Å²) >= 11 is 1.59. The van der Waals surface area contributed by atoms with Crippen LogP contribution in [0.15, 0.2) is 42.6 Å². The Balaban J connectivity index is 1.10. The summed E-state index contributed by atoms with van der Waals surface area (Å²) in [5.74, 6) is 2.89. The number of amides is 1. The number of likely N-dealkylation sites (tertiary alicyclic amines) is 2. The molecule has 1 amide bonds. The molecule has 41 heavy (non-hydrogen) atoms. The van der Waals surface area contributed by atoms with Crippen LogP contribution in [0.2, 0.25) is 0 Å². The maximum atomic E-state index is 13.2. The number of benzene rings is 1. The van der Waals surface area contributed by atoms with Crippen molar-refractivity contribution in [3.8, 4) is 10.6 Å². The van der Waals surface area contributed by atoms with E-state index in [0.717, 1.165) is 83.0 Å². The standard InChI is InChI=1S/C31H36N8OS/c1-4-37-17-24-13-23(37)18-39(24)31-33-20(3)11-28(36-31)35-27-14-25-26(15-32-27)41-29(34-25)21-8-5-9-22(12-21)30(40)38-10-6-7-19(2)16-38/h5,8-9,11-12,14-15,19,23-24H,4,6-7,10,13,16-18H2,1-3H3,(H,32,33,35,36)/t19-,23+,24+/m1/s1. The largest absolute Gasteiger partial charge is 0.338 e. The summed E-state index contributed by atoms with van der Waals surface area (Å²) in [6.07, 6.45) is 5.31. The van der Waals surface area contributed by atoms with Gasteiger partial charge in [0.2, 0.25) is 5.95 Å². The molecule has 1 N–H and O–H groups in total. The molecule has 10 heteroatoms. The van der Waals surface area contributed by atoms with E-state index < -0.39 is 0 Å². The highest BCUT2D eigenvalue weighted by Crippen LogP contribution is 2.34. The topological polar surface area (TPSA) is 90.4 Å². The fourth-order valence-corrected chi connectivity index (χ4v) is 7.54. The molecule has 3 aromatic heterocycles. The van der Waals surface area contributed by atoms with Crippen molar-refractivity contribution in [3.63, 3.8) is 0 Å². The first-order valence-electron chi connectivity index (χ1n) is 14.7. The predicted octanol–water partition coefficient (Wildman–Crippen LogP) is 5.36. The van der Waals surface area contributed by atoms with Gasteiger partial charge in [-0.3, -0.25) is 9.69 Å². The van der Waals surface area contributed by atoms with Crippen molar-refractivity contribution in [2.45, 2.75) is 52.1 Å². The van der Waals surface area contributed by atoms with Crippen molar-refractivity contribution in [2.24, 2.45) is 5.92 Å². The number of thiazole rings is 1. The van der Waals surface area contributed by atoms with E-state index in [1.165, 1.54) is 12.8 Å². The summed E-state index contributed by atoms with van der Waals surface area (Å²) in [5.41, 5.74) is 3.47. The maximum absolute atomic E-state index is 13.2. The molecular weight excluding hydrogens is 532 g/mol. The number of piperazine rings is 1. The van der Waals surface area contributed by atoms with Crippen molar-refractivity contribution in [2.75, 3.05) is 42.9 Å². The third-order valence-electron chi connectivity index (χ3n) is 8.69. The minimum Gasteiger partial charge on any atom is -0.338 e. The number of likely N-dealkylation sites (N-methyl/N-ethyl adjacent to an activating group) is 1. The molecule has 1 aromatic carbocycles. The zero-order chi connectivity index (χ0) is 28.1. The number of fused-ring (bicyclic) bond motifs is 3. The lowest BCUT2D eigenvalue weighted by atomic mass is 9.99. The predicted molar refractivity (Wildman–Crippen MR) is 164 cm³/mol. The van der Waals surface area contributed by atoms with Crippen molar-refractivity contribution < 1.29 is 4.79 Å². The van der Waals surface area contributed by atoms with Crippen LogP contribution in [-0.4, -0.2) is 80.5 Å². The van der Waals surface area contributed by atoms with Crippen LogP contribution >= 0.6 is 11.3 Å². The molecular formula is C31H36N8OS. The fraction of sp³-hybridized carbons (Fsp3) is 0.452. The van der Waals surface area contributed by atoms with Gasteiger partial charge in [0.25, 0.3) is 5.91 Å². The molecule has 2 bridgehead atoms. The SMILES string of the molecule is CCN1C[C@@H]2C[C@H]1CN2c1nc(C)cc(Nc2cc3nc(-c4cccc(C(=O)N5CCC[C@@H](C)C5)c4)sc3cn2)n1. The van der Waals surface area contributed by atoms with Gasteiger partial charge in [0.15, 0.2) is 0 Å². The second kappa shape index (κ2) is 10.6. The third kappa shape index (κ3) is 5.15. The molecule has 0 radical (unpaired) electrons. The van der Waals surface area contributed by atoms with Gasteiger partial charge in [0.1, 0.15) is 16.6 Å². The Morgan fingerprint density at radius 3 is 2.78 bits per heavy atom. The molecule has 3 saturated heterocycles. The van der Waals surface area contributed by atoms with Crippen molar-refractivity contribution >= 4 is 45.0 Å². The minimum atomic E-state index is 0.108. The molecule has 212 valence electrons. The Bertz CT molecular complexity index is 1600. The Labute approximate surface area is 244 Å². The lowest BCUT2D eigenvalue weighted by Crippen LogP contribution is -2.46. The molecule has 3 atom stereocenters. The number of carbonyl (C=O) groups is 1. The second-order valence-corrected chi connectivity index (χ2v) is 12.8. The summed E-state index contributed by atoms with van der Waals surface area (Å²) in [6.45, 7) is 11.3. The van der Waals surface area contributed by atoms with Gasteiger partial charge in [0.05, 0.1) is 10.2 Å². The Morgan fingerprint density at radius 2 is 1.98 bits per heavy atom. The van der Waals surface area contributed by atoms with E-state index in [2.05, 4.69) is 33.9 Å². The van der Waals surface area contributed by atoms with Crippen LogP contribution in [0.3, 0.4) is 0 Å². The number of hydrogen-bond donors (Lipinski definition) is 1. The molecule has 3 aliphatic rings. The van der Waals surface area contributed by atoms with E-state index in [9.17, 15) is 4.79 Å². The highest BCUT2D eigenvalue weighted by Gasteiger charge is 2.43. The first-order chi connectivity index (χ1) is 19.9. The van der Waals surface area contributed by atoms with Crippen LogP contribution in [0.25, 0.3) is 20.8 Å². The van der Waals surface area contributed by atoms with Crippen LogP contribution in [0.1, 0.15) is 49.2 Å². The van der Waals surface area contributed by atoms with Gasteiger partial charge in [0, 0.05) is 73.4 Å². The Hall–Kier alpha value is -3.63. The summed E-state index contributed by atoms with van der Waals surface area (Å²) in [6, 6.07) is 12.9. The normalized spacial score (nSPS) is 22.6. The lowest BCUT2D eigenvalue weighted by Gasteiger charge is -2.33. The zero-order valence-electron chi connectivity index (χ0n) is 23.9. The van der Waals surface area contributed by atoms with E-state index in [1.807, 2.05) is 54.4 Å². The van der Waals surface area contributed by atoms with Crippen molar-refractivity contribution in [1.82, 2.24) is 29.7 Å². The molecule has 3 aliphatic heterocycles. The zero-order valence-corrected chi connectivity index (χ0v) is 24.7. The molecule has 7 rings (SSSR count). The maximum Gasteiger partial charge on any atom is 0.253 e. The monoisotopic (exact) mass is 568 g/mol.